The predicted molar refractivity (Wildman–Crippen MR) is 51.1 cm³/mol. The smallest absolute Gasteiger partial charge is 0.0632 e. The van der Waals surface area contributed by atoms with Gasteiger partial charge in [-0.1, -0.05) is 6.92 Å². The Balaban J connectivity index is 2.35. The molecule has 12 heavy (non-hydrogen) atoms. The third-order valence-corrected chi connectivity index (χ3v) is 2.81. The van der Waals surface area contributed by atoms with Crippen molar-refractivity contribution < 1.29 is 5.11 Å². The van der Waals surface area contributed by atoms with Gasteiger partial charge < -0.3 is 10.0 Å². The number of rotatable bonds is 3. The molecule has 1 aliphatic heterocycles. The molecule has 2 heteroatoms. The van der Waals surface area contributed by atoms with E-state index in [-0.39, 0.29) is 0 Å². The average Bonchev–Trinajstić information content (AvgIpc) is 2.35. The summed E-state index contributed by atoms with van der Waals surface area (Å²) >= 11 is 0. The van der Waals surface area contributed by atoms with E-state index in [2.05, 4.69) is 11.8 Å². The summed E-state index contributed by atoms with van der Waals surface area (Å²) in [6.45, 7) is 9.49. The van der Waals surface area contributed by atoms with Crippen LogP contribution in [0.1, 0.15) is 33.6 Å². The van der Waals surface area contributed by atoms with Gasteiger partial charge in [0.05, 0.1) is 5.60 Å². The fourth-order valence-electron chi connectivity index (χ4n) is 1.93. The molecule has 0 bridgehead atoms. The van der Waals surface area contributed by atoms with Crippen molar-refractivity contribution in [2.45, 2.75) is 39.2 Å². The molecule has 1 N–H and O–H groups in total. The highest BCUT2D eigenvalue weighted by Crippen LogP contribution is 2.26. The van der Waals surface area contributed by atoms with E-state index < -0.39 is 5.60 Å². The van der Waals surface area contributed by atoms with Gasteiger partial charge in [0.15, 0.2) is 0 Å². The first-order valence-corrected chi connectivity index (χ1v) is 4.98. The van der Waals surface area contributed by atoms with Crippen molar-refractivity contribution in [3.63, 3.8) is 0 Å². The molecule has 0 radical (unpaired) electrons. The van der Waals surface area contributed by atoms with E-state index >= 15 is 0 Å². The van der Waals surface area contributed by atoms with Crippen molar-refractivity contribution in [2.24, 2.45) is 5.92 Å². The van der Waals surface area contributed by atoms with E-state index in [9.17, 15) is 5.11 Å². The molecule has 1 saturated heterocycles. The highest BCUT2D eigenvalue weighted by molar-refractivity contribution is 4.85. The molecule has 0 aromatic rings. The van der Waals surface area contributed by atoms with Crippen LogP contribution < -0.4 is 0 Å². The lowest BCUT2D eigenvalue weighted by Gasteiger charge is -2.25. The van der Waals surface area contributed by atoms with Crippen molar-refractivity contribution in [1.29, 1.82) is 0 Å². The number of hydrogen-bond donors (Lipinski definition) is 1. The van der Waals surface area contributed by atoms with Crippen LogP contribution in [0.25, 0.3) is 0 Å². The Morgan fingerprint density at radius 1 is 1.50 bits per heavy atom. The van der Waals surface area contributed by atoms with Gasteiger partial charge in [-0.05, 0) is 39.8 Å². The summed E-state index contributed by atoms with van der Waals surface area (Å²) in [6.07, 6.45) is 2.38. The van der Waals surface area contributed by atoms with Crippen molar-refractivity contribution in [2.75, 3.05) is 19.6 Å². The summed E-state index contributed by atoms with van der Waals surface area (Å²) in [6, 6.07) is 0. The van der Waals surface area contributed by atoms with Gasteiger partial charge in [-0.2, -0.15) is 0 Å². The second kappa shape index (κ2) is 3.75. The highest BCUT2D eigenvalue weighted by atomic mass is 16.3. The van der Waals surface area contributed by atoms with E-state index in [0.29, 0.717) is 5.92 Å². The summed E-state index contributed by atoms with van der Waals surface area (Å²) in [7, 11) is 0. The van der Waals surface area contributed by atoms with Crippen LogP contribution in [-0.2, 0) is 0 Å². The summed E-state index contributed by atoms with van der Waals surface area (Å²) < 4.78 is 0. The molecule has 0 aliphatic carbocycles. The first kappa shape index (κ1) is 10.0. The van der Waals surface area contributed by atoms with Crippen molar-refractivity contribution >= 4 is 0 Å². The van der Waals surface area contributed by atoms with Gasteiger partial charge in [-0.15, -0.1) is 0 Å². The molecule has 1 heterocycles. The van der Waals surface area contributed by atoms with Gasteiger partial charge in [0.2, 0.25) is 0 Å². The zero-order valence-corrected chi connectivity index (χ0v) is 8.51. The maximum Gasteiger partial charge on any atom is 0.0632 e. The Morgan fingerprint density at radius 3 is 2.58 bits per heavy atom. The van der Waals surface area contributed by atoms with E-state index in [1.807, 2.05) is 13.8 Å². The second-order valence-corrected chi connectivity index (χ2v) is 4.44. The topological polar surface area (TPSA) is 23.5 Å². The van der Waals surface area contributed by atoms with Crippen LogP contribution in [0.3, 0.4) is 0 Å². The highest BCUT2D eigenvalue weighted by Gasteiger charge is 2.32. The molecule has 0 saturated carbocycles. The first-order chi connectivity index (χ1) is 5.54. The molecule has 1 rings (SSSR count). The first-order valence-electron chi connectivity index (χ1n) is 4.98. The summed E-state index contributed by atoms with van der Waals surface area (Å²) in [5, 5.41) is 9.78. The number of likely N-dealkylation sites (tertiary alicyclic amines) is 1. The largest absolute Gasteiger partial charge is 0.390 e. The monoisotopic (exact) mass is 171 g/mol. The van der Waals surface area contributed by atoms with Crippen molar-refractivity contribution in [1.82, 2.24) is 4.90 Å². The second-order valence-electron chi connectivity index (χ2n) is 4.44. The lowest BCUT2D eigenvalue weighted by Crippen LogP contribution is -2.33. The lowest BCUT2D eigenvalue weighted by molar-refractivity contribution is 0.0211. The minimum Gasteiger partial charge on any atom is -0.390 e. The van der Waals surface area contributed by atoms with Gasteiger partial charge >= 0.3 is 0 Å². The molecule has 2 nitrogen and oxygen atoms in total. The van der Waals surface area contributed by atoms with E-state index in [1.54, 1.807) is 0 Å². The Hall–Kier alpha value is -0.0800. The molecular weight excluding hydrogens is 150 g/mol. The molecule has 1 aliphatic rings. The maximum absolute atomic E-state index is 9.78. The average molecular weight is 171 g/mol. The molecular formula is C10H21NO. The number of aliphatic hydroxyl groups is 1. The van der Waals surface area contributed by atoms with Crippen LogP contribution in [0.5, 0.6) is 0 Å². The molecule has 0 spiro atoms. The van der Waals surface area contributed by atoms with Crippen LogP contribution in [-0.4, -0.2) is 35.2 Å². The Kier molecular flexibility index (Phi) is 3.13. The Bertz CT molecular complexity index is 139. The van der Waals surface area contributed by atoms with Gasteiger partial charge in [0.25, 0.3) is 0 Å². The SMILES string of the molecule is CCCN1CC[C@@H](C(C)(C)O)C1. The van der Waals surface area contributed by atoms with Crippen LogP contribution in [0.15, 0.2) is 0 Å². The normalized spacial score (nSPS) is 26.5. The van der Waals surface area contributed by atoms with Gasteiger partial charge in [-0.3, -0.25) is 0 Å². The standard InChI is InChI=1S/C10H21NO/c1-4-6-11-7-5-9(8-11)10(2,3)12/h9,12H,4-8H2,1-3H3/t9-/m1/s1. The number of hydrogen-bond acceptors (Lipinski definition) is 2. The van der Waals surface area contributed by atoms with E-state index in [0.717, 1.165) is 13.0 Å². The minimum absolute atomic E-state index is 0.476. The Labute approximate surface area is 75.6 Å². The van der Waals surface area contributed by atoms with Gasteiger partial charge in [-0.25, -0.2) is 0 Å². The molecule has 72 valence electrons. The van der Waals surface area contributed by atoms with Crippen LogP contribution in [0.2, 0.25) is 0 Å². The van der Waals surface area contributed by atoms with Crippen molar-refractivity contribution in [3.8, 4) is 0 Å². The molecule has 1 atom stereocenters. The van der Waals surface area contributed by atoms with E-state index in [4.69, 9.17) is 0 Å². The van der Waals surface area contributed by atoms with Gasteiger partial charge in [0, 0.05) is 12.5 Å². The maximum atomic E-state index is 9.78. The summed E-state index contributed by atoms with van der Waals surface area (Å²) in [5.41, 5.74) is -0.484. The number of nitrogens with zero attached hydrogens (tertiary/aromatic N) is 1. The third-order valence-electron chi connectivity index (χ3n) is 2.81. The van der Waals surface area contributed by atoms with Gasteiger partial charge in [0.1, 0.15) is 0 Å². The Morgan fingerprint density at radius 2 is 2.17 bits per heavy atom. The molecule has 0 amide bonds. The molecule has 1 fully saturated rings. The molecule has 0 unspecified atom stereocenters. The van der Waals surface area contributed by atoms with Crippen LogP contribution in [0.4, 0.5) is 0 Å². The van der Waals surface area contributed by atoms with Crippen LogP contribution in [0, 0.1) is 5.92 Å². The quantitative estimate of drug-likeness (QED) is 0.695. The van der Waals surface area contributed by atoms with Crippen molar-refractivity contribution in [3.05, 3.63) is 0 Å². The zero-order valence-electron chi connectivity index (χ0n) is 8.51. The summed E-state index contributed by atoms with van der Waals surface area (Å²) in [5.74, 6) is 0.476. The zero-order chi connectivity index (χ0) is 9.19. The minimum atomic E-state index is -0.484. The fourth-order valence-corrected chi connectivity index (χ4v) is 1.93. The molecule has 0 aromatic carbocycles. The lowest BCUT2D eigenvalue weighted by atomic mass is 9.90. The fraction of sp³-hybridized carbons (Fsp3) is 1.00. The van der Waals surface area contributed by atoms with E-state index in [1.165, 1.54) is 19.5 Å². The third kappa shape index (κ3) is 2.46. The molecule has 0 aromatic heterocycles. The predicted octanol–water partition coefficient (Wildman–Crippen LogP) is 1.49. The summed E-state index contributed by atoms with van der Waals surface area (Å²) in [4.78, 5) is 2.45. The van der Waals surface area contributed by atoms with Crippen LogP contribution >= 0.6 is 0 Å².